The van der Waals surface area contributed by atoms with Crippen LogP contribution in [0.2, 0.25) is 0 Å². The molecule has 6 heteroatoms. The number of rotatable bonds is 7. The molecule has 0 aromatic heterocycles. The Morgan fingerprint density at radius 1 is 1.20 bits per heavy atom. The summed E-state index contributed by atoms with van der Waals surface area (Å²) in [4.78, 5) is 4.60. The average Bonchev–Trinajstić information content (AvgIpc) is 2.61. The molecular weight excluding hydrogens is 429 g/mol. The molecule has 1 aliphatic carbocycles. The number of guanidine groups is 1. The first-order chi connectivity index (χ1) is 11.7. The minimum Gasteiger partial charge on any atom is -0.496 e. The molecule has 3 N–H and O–H groups in total. The first-order valence-electron chi connectivity index (χ1n) is 9.03. The van der Waals surface area contributed by atoms with Crippen molar-refractivity contribution in [3.8, 4) is 5.75 Å². The van der Waals surface area contributed by atoms with Crippen molar-refractivity contribution in [3.63, 3.8) is 0 Å². The Labute approximate surface area is 168 Å². The summed E-state index contributed by atoms with van der Waals surface area (Å²) in [5, 5.41) is 17.2. The van der Waals surface area contributed by atoms with Crippen LogP contribution in [0.1, 0.15) is 44.6 Å². The minimum atomic E-state index is -0.622. The number of aliphatic imine (C=N–C) groups is 1. The molecule has 0 saturated heterocycles. The average molecular weight is 461 g/mol. The molecule has 2 rings (SSSR count). The largest absolute Gasteiger partial charge is 0.496 e. The molecule has 1 aromatic carbocycles. The van der Waals surface area contributed by atoms with Crippen LogP contribution in [0.4, 0.5) is 0 Å². The van der Waals surface area contributed by atoms with E-state index in [0.717, 1.165) is 56.9 Å². The van der Waals surface area contributed by atoms with Crippen molar-refractivity contribution >= 4 is 29.9 Å². The Kier molecular flexibility index (Phi) is 10.2. The zero-order valence-corrected chi connectivity index (χ0v) is 17.7. The van der Waals surface area contributed by atoms with Gasteiger partial charge in [-0.2, -0.15) is 0 Å². The van der Waals surface area contributed by atoms with E-state index >= 15 is 0 Å². The second-order valence-electron chi connectivity index (χ2n) is 6.47. The van der Waals surface area contributed by atoms with E-state index < -0.39 is 5.60 Å². The first kappa shape index (κ1) is 22.0. The van der Waals surface area contributed by atoms with Crippen molar-refractivity contribution in [2.24, 2.45) is 4.99 Å². The van der Waals surface area contributed by atoms with Crippen LogP contribution >= 0.6 is 24.0 Å². The van der Waals surface area contributed by atoms with Gasteiger partial charge < -0.3 is 20.5 Å². The van der Waals surface area contributed by atoms with Gasteiger partial charge in [0.2, 0.25) is 0 Å². The predicted octanol–water partition coefficient (Wildman–Crippen LogP) is 3.11. The number of para-hydroxylation sites is 1. The molecule has 1 aliphatic rings. The SMILES string of the molecule is CCNC(=NCC1(O)CCCCC1)NCCc1ccccc1OC.I. The van der Waals surface area contributed by atoms with Crippen molar-refractivity contribution in [1.82, 2.24) is 10.6 Å². The highest BCUT2D eigenvalue weighted by Crippen LogP contribution is 2.28. The minimum absolute atomic E-state index is 0. The highest BCUT2D eigenvalue weighted by Gasteiger charge is 2.28. The van der Waals surface area contributed by atoms with Crippen LogP contribution in [0.5, 0.6) is 5.75 Å². The van der Waals surface area contributed by atoms with Gasteiger partial charge in [-0.25, -0.2) is 0 Å². The molecule has 0 bridgehead atoms. The van der Waals surface area contributed by atoms with Gasteiger partial charge >= 0.3 is 0 Å². The fourth-order valence-electron chi connectivity index (χ4n) is 3.16. The van der Waals surface area contributed by atoms with Gasteiger partial charge in [0.15, 0.2) is 5.96 Å². The van der Waals surface area contributed by atoms with Gasteiger partial charge in [0, 0.05) is 13.1 Å². The van der Waals surface area contributed by atoms with Crippen LogP contribution in [0.15, 0.2) is 29.3 Å². The predicted molar refractivity (Wildman–Crippen MR) is 114 cm³/mol. The highest BCUT2D eigenvalue weighted by atomic mass is 127. The lowest BCUT2D eigenvalue weighted by Gasteiger charge is -2.30. The van der Waals surface area contributed by atoms with E-state index in [1.807, 2.05) is 25.1 Å². The number of nitrogens with one attached hydrogen (secondary N) is 2. The van der Waals surface area contributed by atoms with Gasteiger partial charge in [-0.05, 0) is 37.8 Å². The molecule has 142 valence electrons. The number of hydrogen-bond donors (Lipinski definition) is 3. The summed E-state index contributed by atoms with van der Waals surface area (Å²) in [6.07, 6.45) is 6.00. The second kappa shape index (κ2) is 11.6. The molecule has 0 atom stereocenters. The van der Waals surface area contributed by atoms with Gasteiger partial charge in [-0.3, -0.25) is 4.99 Å². The summed E-state index contributed by atoms with van der Waals surface area (Å²) in [6.45, 7) is 4.09. The third kappa shape index (κ3) is 7.40. The molecular formula is C19H32IN3O2. The maximum atomic E-state index is 10.6. The number of nitrogens with zero attached hydrogens (tertiary/aromatic N) is 1. The topological polar surface area (TPSA) is 65.9 Å². The molecule has 0 aliphatic heterocycles. The lowest BCUT2D eigenvalue weighted by atomic mass is 9.85. The number of benzene rings is 1. The molecule has 1 aromatic rings. The van der Waals surface area contributed by atoms with Crippen LogP contribution in [0.3, 0.4) is 0 Å². The standard InChI is InChI=1S/C19H31N3O2.HI/c1-3-20-18(22-15-19(23)12-7-4-8-13-19)21-14-11-16-9-5-6-10-17(16)24-2;/h5-6,9-10,23H,3-4,7-8,11-15H2,1-2H3,(H2,20,21,22);1H. The van der Waals surface area contributed by atoms with Crippen molar-refractivity contribution in [1.29, 1.82) is 0 Å². The smallest absolute Gasteiger partial charge is 0.191 e. The van der Waals surface area contributed by atoms with Crippen LogP contribution in [0, 0.1) is 0 Å². The molecule has 25 heavy (non-hydrogen) atoms. The van der Waals surface area contributed by atoms with Crippen LogP contribution in [0.25, 0.3) is 0 Å². The summed E-state index contributed by atoms with van der Waals surface area (Å²) in [5.41, 5.74) is 0.553. The molecule has 0 spiro atoms. The summed E-state index contributed by atoms with van der Waals surface area (Å²) in [5.74, 6) is 1.68. The molecule has 0 heterocycles. The molecule has 0 radical (unpaired) electrons. The van der Waals surface area contributed by atoms with Crippen LogP contribution in [-0.2, 0) is 6.42 Å². The Bertz CT molecular complexity index is 531. The molecule has 5 nitrogen and oxygen atoms in total. The van der Waals surface area contributed by atoms with E-state index in [9.17, 15) is 5.11 Å². The third-order valence-corrected chi connectivity index (χ3v) is 4.54. The summed E-state index contributed by atoms with van der Waals surface area (Å²) in [6, 6.07) is 8.06. The molecule has 0 unspecified atom stereocenters. The molecule has 1 fully saturated rings. The monoisotopic (exact) mass is 461 g/mol. The van der Waals surface area contributed by atoms with E-state index in [1.165, 1.54) is 12.0 Å². The van der Waals surface area contributed by atoms with E-state index in [0.29, 0.717) is 6.54 Å². The normalized spacial score (nSPS) is 16.7. The van der Waals surface area contributed by atoms with E-state index in [-0.39, 0.29) is 24.0 Å². The molecule has 1 saturated carbocycles. The summed E-state index contributed by atoms with van der Waals surface area (Å²) in [7, 11) is 1.70. The maximum Gasteiger partial charge on any atom is 0.191 e. The molecule has 0 amide bonds. The summed E-state index contributed by atoms with van der Waals surface area (Å²) >= 11 is 0. The Balaban J connectivity index is 0.00000312. The fourth-order valence-corrected chi connectivity index (χ4v) is 3.16. The van der Waals surface area contributed by atoms with Crippen molar-refractivity contribution in [2.45, 2.75) is 51.0 Å². The zero-order valence-electron chi connectivity index (χ0n) is 15.4. The van der Waals surface area contributed by atoms with Gasteiger partial charge in [0.25, 0.3) is 0 Å². The highest BCUT2D eigenvalue weighted by molar-refractivity contribution is 14.0. The third-order valence-electron chi connectivity index (χ3n) is 4.54. The number of halogens is 1. The number of aliphatic hydroxyl groups is 1. The number of hydrogen-bond acceptors (Lipinski definition) is 3. The van der Waals surface area contributed by atoms with Gasteiger partial charge in [-0.1, -0.05) is 37.5 Å². The van der Waals surface area contributed by atoms with E-state index in [4.69, 9.17) is 4.74 Å². The van der Waals surface area contributed by atoms with E-state index in [1.54, 1.807) is 7.11 Å². The quantitative estimate of drug-likeness (QED) is 0.332. The Hall–Kier alpha value is -1.02. The zero-order chi connectivity index (χ0) is 17.3. The second-order valence-corrected chi connectivity index (χ2v) is 6.47. The van der Waals surface area contributed by atoms with Crippen molar-refractivity contribution in [2.75, 3.05) is 26.7 Å². The van der Waals surface area contributed by atoms with Gasteiger partial charge in [-0.15, -0.1) is 24.0 Å². The van der Waals surface area contributed by atoms with Crippen LogP contribution in [-0.4, -0.2) is 43.4 Å². The van der Waals surface area contributed by atoms with Gasteiger partial charge in [0.1, 0.15) is 5.75 Å². The van der Waals surface area contributed by atoms with E-state index in [2.05, 4.69) is 21.7 Å². The van der Waals surface area contributed by atoms with Crippen LogP contribution < -0.4 is 15.4 Å². The Morgan fingerprint density at radius 2 is 1.92 bits per heavy atom. The van der Waals surface area contributed by atoms with Crippen molar-refractivity contribution in [3.05, 3.63) is 29.8 Å². The summed E-state index contributed by atoms with van der Waals surface area (Å²) < 4.78 is 5.38. The first-order valence-corrected chi connectivity index (χ1v) is 9.03. The lowest BCUT2D eigenvalue weighted by molar-refractivity contribution is 0.0131. The maximum absolute atomic E-state index is 10.6. The lowest BCUT2D eigenvalue weighted by Crippen LogP contribution is -2.41. The number of ether oxygens (including phenoxy) is 1. The Morgan fingerprint density at radius 3 is 2.60 bits per heavy atom. The van der Waals surface area contributed by atoms with Gasteiger partial charge in [0.05, 0.1) is 19.3 Å². The fraction of sp³-hybridized carbons (Fsp3) is 0.632. The van der Waals surface area contributed by atoms with Crippen molar-refractivity contribution < 1.29 is 9.84 Å². The number of methoxy groups -OCH3 is 1.